The number of piperidine rings is 1. The number of carbonyl (C=O) groups is 1. The molecule has 0 radical (unpaired) electrons. The minimum absolute atomic E-state index is 0.180. The fourth-order valence-corrected chi connectivity index (χ4v) is 5.88. The topological polar surface area (TPSA) is 51.0 Å². The molecule has 28 heavy (non-hydrogen) atoms. The average Bonchev–Trinajstić information content (AvgIpc) is 3.20. The quantitative estimate of drug-likeness (QED) is 0.641. The van der Waals surface area contributed by atoms with Crippen molar-refractivity contribution in [3.63, 3.8) is 0 Å². The van der Waals surface area contributed by atoms with Gasteiger partial charge in [0.1, 0.15) is 11.6 Å². The Kier molecular flexibility index (Phi) is 4.67. The number of hydrogen-bond donors (Lipinski definition) is 0. The first kappa shape index (κ1) is 17.9. The fraction of sp³-hybridized carbons (Fsp3) is 0.500. The van der Waals surface area contributed by atoms with Crippen LogP contribution in [-0.4, -0.2) is 38.7 Å². The molecule has 1 unspecified atom stereocenters. The third-order valence-corrected chi connectivity index (χ3v) is 7.51. The molecule has 0 N–H and O–H groups in total. The zero-order valence-electron chi connectivity index (χ0n) is 16.4. The molecule has 2 aliphatic heterocycles. The molecule has 0 saturated carbocycles. The van der Waals surface area contributed by atoms with E-state index in [9.17, 15) is 4.79 Å². The maximum Gasteiger partial charge on any atom is 0.264 e. The summed E-state index contributed by atoms with van der Waals surface area (Å²) in [7, 11) is 0. The fourth-order valence-electron chi connectivity index (χ4n) is 4.70. The van der Waals surface area contributed by atoms with Crippen LogP contribution >= 0.6 is 11.3 Å². The SMILES string of the molecule is Cc1c(C(=O)N2CCCC(c3nnc4n3CCCCC4)C2)sc2ccccc12. The van der Waals surface area contributed by atoms with Crippen molar-refractivity contribution in [2.24, 2.45) is 0 Å². The molecule has 2 aromatic heterocycles. The standard InChI is InChI=1S/C22H26N4OS/c1-15-17-9-4-5-10-18(17)28-20(15)22(27)25-12-7-8-16(14-25)21-24-23-19-11-3-2-6-13-26(19)21/h4-5,9-10,16H,2-3,6-8,11-14H2,1H3. The minimum atomic E-state index is 0.180. The lowest BCUT2D eigenvalue weighted by molar-refractivity contribution is 0.0707. The lowest BCUT2D eigenvalue weighted by atomic mass is 9.96. The Morgan fingerprint density at radius 1 is 1.11 bits per heavy atom. The monoisotopic (exact) mass is 394 g/mol. The second-order valence-electron chi connectivity index (χ2n) is 8.08. The minimum Gasteiger partial charge on any atom is -0.337 e. The summed E-state index contributed by atoms with van der Waals surface area (Å²) in [6.07, 6.45) is 6.83. The Morgan fingerprint density at radius 2 is 2.00 bits per heavy atom. The zero-order chi connectivity index (χ0) is 19.1. The molecule has 0 aliphatic carbocycles. The van der Waals surface area contributed by atoms with Crippen molar-refractivity contribution in [3.05, 3.63) is 46.4 Å². The molecule has 1 saturated heterocycles. The Labute approximate surface area is 169 Å². The van der Waals surface area contributed by atoms with E-state index in [2.05, 4.69) is 33.8 Å². The van der Waals surface area contributed by atoms with Gasteiger partial charge in [-0.1, -0.05) is 24.6 Å². The van der Waals surface area contributed by atoms with E-state index in [4.69, 9.17) is 0 Å². The van der Waals surface area contributed by atoms with Crippen molar-refractivity contribution in [1.29, 1.82) is 0 Å². The summed E-state index contributed by atoms with van der Waals surface area (Å²) in [4.78, 5) is 16.3. The number of rotatable bonds is 2. The van der Waals surface area contributed by atoms with Crippen LogP contribution in [0.25, 0.3) is 10.1 Å². The first-order valence-corrected chi connectivity index (χ1v) is 11.2. The Bertz CT molecular complexity index is 1020. The van der Waals surface area contributed by atoms with Gasteiger partial charge in [0.2, 0.25) is 0 Å². The number of likely N-dealkylation sites (tertiary alicyclic amines) is 1. The first-order chi connectivity index (χ1) is 13.7. The molecule has 146 valence electrons. The van der Waals surface area contributed by atoms with Crippen molar-refractivity contribution >= 4 is 27.3 Å². The summed E-state index contributed by atoms with van der Waals surface area (Å²) in [5.41, 5.74) is 1.11. The number of nitrogens with zero attached hydrogens (tertiary/aromatic N) is 4. The molecule has 0 bridgehead atoms. The van der Waals surface area contributed by atoms with Gasteiger partial charge < -0.3 is 9.47 Å². The third-order valence-electron chi connectivity index (χ3n) is 6.25. The van der Waals surface area contributed by atoms with Crippen LogP contribution in [0.15, 0.2) is 24.3 Å². The van der Waals surface area contributed by atoms with Gasteiger partial charge in [0.25, 0.3) is 5.91 Å². The highest BCUT2D eigenvalue weighted by atomic mass is 32.1. The average molecular weight is 395 g/mol. The lowest BCUT2D eigenvalue weighted by Gasteiger charge is -2.32. The molecule has 0 spiro atoms. The van der Waals surface area contributed by atoms with Gasteiger partial charge in [-0.05, 0) is 49.6 Å². The molecule has 5 nitrogen and oxygen atoms in total. The van der Waals surface area contributed by atoms with Gasteiger partial charge in [-0.2, -0.15) is 0 Å². The van der Waals surface area contributed by atoms with Crippen molar-refractivity contribution in [2.75, 3.05) is 13.1 Å². The second kappa shape index (κ2) is 7.32. The predicted molar refractivity (Wildman–Crippen MR) is 112 cm³/mol. The van der Waals surface area contributed by atoms with E-state index in [0.29, 0.717) is 5.92 Å². The number of thiophene rings is 1. The smallest absolute Gasteiger partial charge is 0.264 e. The highest BCUT2D eigenvalue weighted by molar-refractivity contribution is 7.21. The molecule has 1 amide bonds. The van der Waals surface area contributed by atoms with E-state index in [1.807, 2.05) is 17.0 Å². The summed E-state index contributed by atoms with van der Waals surface area (Å²) in [6.45, 7) is 4.69. The van der Waals surface area contributed by atoms with Crippen LogP contribution in [0.4, 0.5) is 0 Å². The molecule has 2 aliphatic rings. The van der Waals surface area contributed by atoms with Crippen molar-refractivity contribution in [1.82, 2.24) is 19.7 Å². The Balaban J connectivity index is 1.40. The van der Waals surface area contributed by atoms with Gasteiger partial charge in [0.05, 0.1) is 4.88 Å². The van der Waals surface area contributed by atoms with E-state index in [1.165, 1.54) is 29.3 Å². The van der Waals surface area contributed by atoms with E-state index < -0.39 is 0 Å². The molecule has 6 heteroatoms. The number of carbonyl (C=O) groups excluding carboxylic acids is 1. The summed E-state index contributed by atoms with van der Waals surface area (Å²) in [5, 5.41) is 10.2. The summed E-state index contributed by atoms with van der Waals surface area (Å²) in [5.74, 6) is 2.71. The summed E-state index contributed by atoms with van der Waals surface area (Å²) < 4.78 is 3.54. The Hall–Kier alpha value is -2.21. The first-order valence-electron chi connectivity index (χ1n) is 10.4. The van der Waals surface area contributed by atoms with Crippen molar-refractivity contribution in [2.45, 2.75) is 57.9 Å². The number of aryl methyl sites for hydroxylation is 2. The highest BCUT2D eigenvalue weighted by Crippen LogP contribution is 2.34. The highest BCUT2D eigenvalue weighted by Gasteiger charge is 2.31. The van der Waals surface area contributed by atoms with Gasteiger partial charge in [0, 0.05) is 36.7 Å². The van der Waals surface area contributed by atoms with Crippen LogP contribution in [0.2, 0.25) is 0 Å². The van der Waals surface area contributed by atoms with Gasteiger partial charge in [0.15, 0.2) is 0 Å². The molecule has 4 heterocycles. The predicted octanol–water partition coefficient (Wildman–Crippen LogP) is 4.55. The van der Waals surface area contributed by atoms with Gasteiger partial charge >= 0.3 is 0 Å². The van der Waals surface area contributed by atoms with E-state index >= 15 is 0 Å². The zero-order valence-corrected chi connectivity index (χ0v) is 17.2. The van der Waals surface area contributed by atoms with Crippen LogP contribution in [0.1, 0.15) is 64.9 Å². The molecule has 1 fully saturated rings. The van der Waals surface area contributed by atoms with Crippen molar-refractivity contribution in [3.8, 4) is 0 Å². The third kappa shape index (κ3) is 3.04. The summed E-state index contributed by atoms with van der Waals surface area (Å²) in [6, 6.07) is 8.31. The van der Waals surface area contributed by atoms with Gasteiger partial charge in [-0.25, -0.2) is 0 Å². The lowest BCUT2D eigenvalue weighted by Crippen LogP contribution is -2.39. The number of fused-ring (bicyclic) bond motifs is 2. The normalized spacial score (nSPS) is 20.2. The Morgan fingerprint density at radius 3 is 2.89 bits per heavy atom. The van der Waals surface area contributed by atoms with Crippen molar-refractivity contribution < 1.29 is 4.79 Å². The summed E-state index contributed by atoms with van der Waals surface area (Å²) >= 11 is 1.63. The van der Waals surface area contributed by atoms with Crippen LogP contribution in [0.5, 0.6) is 0 Å². The molecule has 5 rings (SSSR count). The molecular weight excluding hydrogens is 368 g/mol. The van der Waals surface area contributed by atoms with E-state index in [-0.39, 0.29) is 5.91 Å². The molecule has 1 aromatic carbocycles. The maximum atomic E-state index is 13.3. The van der Waals surface area contributed by atoms with E-state index in [0.717, 1.165) is 61.0 Å². The van der Waals surface area contributed by atoms with Crippen LogP contribution in [-0.2, 0) is 13.0 Å². The number of benzene rings is 1. The van der Waals surface area contributed by atoms with Gasteiger partial charge in [-0.15, -0.1) is 21.5 Å². The molecule has 3 aromatic rings. The van der Waals surface area contributed by atoms with Crippen LogP contribution in [0.3, 0.4) is 0 Å². The molecular formula is C22H26N4OS. The van der Waals surface area contributed by atoms with Crippen LogP contribution < -0.4 is 0 Å². The molecule has 1 atom stereocenters. The number of hydrogen-bond acceptors (Lipinski definition) is 4. The van der Waals surface area contributed by atoms with E-state index in [1.54, 1.807) is 11.3 Å². The van der Waals surface area contributed by atoms with Crippen LogP contribution in [0, 0.1) is 6.92 Å². The number of aromatic nitrogens is 3. The largest absolute Gasteiger partial charge is 0.337 e. The second-order valence-corrected chi connectivity index (χ2v) is 9.13. The van der Waals surface area contributed by atoms with Gasteiger partial charge in [-0.3, -0.25) is 4.79 Å². The number of amides is 1. The maximum absolute atomic E-state index is 13.3.